The molecular weight excluding hydrogens is 462 g/mol. The maximum atomic E-state index is 13.8. The SMILES string of the molecule is CCOc1ccc(C(=COC(c2cccc(Oc3ccccc3)c2)C(F)(F)F)C(F)(F)F)cc1. The lowest BCUT2D eigenvalue weighted by Crippen LogP contribution is -2.23. The van der Waals surface area contributed by atoms with Gasteiger partial charge in [-0.25, -0.2) is 0 Å². The maximum Gasteiger partial charge on any atom is 0.429 e. The molecule has 0 amide bonds. The van der Waals surface area contributed by atoms with Crippen LogP contribution in [0.5, 0.6) is 17.2 Å². The van der Waals surface area contributed by atoms with Gasteiger partial charge in [0.1, 0.15) is 17.2 Å². The van der Waals surface area contributed by atoms with E-state index in [1.54, 1.807) is 37.3 Å². The highest BCUT2D eigenvalue weighted by Crippen LogP contribution is 2.40. The molecule has 0 aliphatic carbocycles. The van der Waals surface area contributed by atoms with Crippen LogP contribution in [0.25, 0.3) is 5.57 Å². The first-order valence-corrected chi connectivity index (χ1v) is 10.1. The Morgan fingerprint density at radius 2 is 1.44 bits per heavy atom. The van der Waals surface area contributed by atoms with Gasteiger partial charge in [-0.05, 0) is 48.9 Å². The van der Waals surface area contributed by atoms with Crippen molar-refractivity contribution >= 4 is 5.57 Å². The number of allylic oxidation sites excluding steroid dienone is 1. The van der Waals surface area contributed by atoms with Crippen LogP contribution in [0.15, 0.2) is 85.1 Å². The molecule has 0 bridgehead atoms. The number of benzene rings is 3. The van der Waals surface area contributed by atoms with E-state index < -0.39 is 29.6 Å². The van der Waals surface area contributed by atoms with Crippen molar-refractivity contribution in [3.8, 4) is 17.2 Å². The van der Waals surface area contributed by atoms with Gasteiger partial charge in [0.05, 0.1) is 18.4 Å². The quantitative estimate of drug-likeness (QED) is 0.240. The second-order valence-corrected chi connectivity index (χ2v) is 7.03. The number of rotatable bonds is 8. The molecule has 0 N–H and O–H groups in total. The van der Waals surface area contributed by atoms with Crippen molar-refractivity contribution < 1.29 is 40.6 Å². The lowest BCUT2D eigenvalue weighted by Gasteiger charge is -2.22. The van der Waals surface area contributed by atoms with E-state index in [0.29, 0.717) is 18.1 Å². The van der Waals surface area contributed by atoms with Crippen LogP contribution in [0.2, 0.25) is 0 Å². The Labute approximate surface area is 192 Å². The van der Waals surface area contributed by atoms with Crippen LogP contribution in [-0.2, 0) is 4.74 Å². The second-order valence-electron chi connectivity index (χ2n) is 7.03. The molecule has 0 aliphatic heterocycles. The molecule has 180 valence electrons. The average Bonchev–Trinajstić information content (AvgIpc) is 2.77. The molecule has 3 rings (SSSR count). The second kappa shape index (κ2) is 10.5. The largest absolute Gasteiger partial charge is 0.494 e. The van der Waals surface area contributed by atoms with Crippen molar-refractivity contribution in [3.05, 3.63) is 96.3 Å². The van der Waals surface area contributed by atoms with E-state index in [9.17, 15) is 26.3 Å². The summed E-state index contributed by atoms with van der Waals surface area (Å²) in [5, 5.41) is 0. The van der Waals surface area contributed by atoms with Crippen LogP contribution in [0.1, 0.15) is 24.2 Å². The molecule has 0 spiro atoms. The van der Waals surface area contributed by atoms with E-state index in [-0.39, 0.29) is 17.6 Å². The minimum Gasteiger partial charge on any atom is -0.494 e. The van der Waals surface area contributed by atoms with Gasteiger partial charge in [-0.2, -0.15) is 26.3 Å². The van der Waals surface area contributed by atoms with Crippen LogP contribution in [0.3, 0.4) is 0 Å². The lowest BCUT2D eigenvalue weighted by molar-refractivity contribution is -0.209. The molecule has 0 saturated heterocycles. The fourth-order valence-electron chi connectivity index (χ4n) is 3.04. The summed E-state index contributed by atoms with van der Waals surface area (Å²) in [6.07, 6.45) is -12.5. The molecule has 3 nitrogen and oxygen atoms in total. The van der Waals surface area contributed by atoms with Crippen molar-refractivity contribution in [1.82, 2.24) is 0 Å². The lowest BCUT2D eigenvalue weighted by atomic mass is 10.1. The molecule has 0 saturated carbocycles. The van der Waals surface area contributed by atoms with E-state index in [4.69, 9.17) is 14.2 Å². The fourth-order valence-corrected chi connectivity index (χ4v) is 3.04. The summed E-state index contributed by atoms with van der Waals surface area (Å²) in [5.74, 6) is 0.795. The van der Waals surface area contributed by atoms with Crippen LogP contribution >= 0.6 is 0 Å². The zero-order valence-corrected chi connectivity index (χ0v) is 17.9. The molecule has 0 aromatic heterocycles. The van der Waals surface area contributed by atoms with Gasteiger partial charge >= 0.3 is 12.4 Å². The van der Waals surface area contributed by atoms with Crippen LogP contribution < -0.4 is 9.47 Å². The summed E-state index contributed by atoms with van der Waals surface area (Å²) in [6, 6.07) is 18.0. The summed E-state index contributed by atoms with van der Waals surface area (Å²) < 4.78 is 97.6. The third kappa shape index (κ3) is 6.69. The highest BCUT2D eigenvalue weighted by atomic mass is 19.4. The molecule has 9 heteroatoms. The summed E-state index contributed by atoms with van der Waals surface area (Å²) in [7, 11) is 0. The average molecular weight is 482 g/mol. The molecule has 34 heavy (non-hydrogen) atoms. The molecule has 0 aliphatic rings. The van der Waals surface area contributed by atoms with Gasteiger partial charge < -0.3 is 14.2 Å². The first-order chi connectivity index (χ1) is 16.1. The Kier molecular flexibility index (Phi) is 7.75. The molecule has 3 aromatic rings. The van der Waals surface area contributed by atoms with E-state index in [1.165, 1.54) is 24.3 Å². The topological polar surface area (TPSA) is 27.7 Å². The van der Waals surface area contributed by atoms with Gasteiger partial charge in [0.2, 0.25) is 6.10 Å². The Morgan fingerprint density at radius 1 is 0.794 bits per heavy atom. The van der Waals surface area contributed by atoms with Crippen LogP contribution in [0, 0.1) is 0 Å². The summed E-state index contributed by atoms with van der Waals surface area (Å²) in [6.45, 7) is 2.02. The molecule has 0 heterocycles. The number of alkyl halides is 6. The van der Waals surface area contributed by atoms with Crippen LogP contribution in [0.4, 0.5) is 26.3 Å². The van der Waals surface area contributed by atoms with Gasteiger partial charge in [0.15, 0.2) is 0 Å². The normalized spacial score (nSPS) is 13.3. The molecule has 1 unspecified atom stereocenters. The van der Waals surface area contributed by atoms with E-state index in [2.05, 4.69) is 0 Å². The highest BCUT2D eigenvalue weighted by Gasteiger charge is 2.44. The van der Waals surface area contributed by atoms with Gasteiger partial charge in [0, 0.05) is 5.56 Å². The Balaban J connectivity index is 1.91. The van der Waals surface area contributed by atoms with Crippen molar-refractivity contribution in [2.45, 2.75) is 25.4 Å². The van der Waals surface area contributed by atoms with E-state index in [1.807, 2.05) is 0 Å². The van der Waals surface area contributed by atoms with E-state index in [0.717, 1.165) is 24.3 Å². The number of halogens is 6. The molecule has 0 radical (unpaired) electrons. The third-order valence-electron chi connectivity index (χ3n) is 4.54. The zero-order chi connectivity index (χ0) is 24.8. The number of ether oxygens (including phenoxy) is 3. The van der Waals surface area contributed by atoms with Crippen LogP contribution in [-0.4, -0.2) is 19.0 Å². The highest BCUT2D eigenvalue weighted by molar-refractivity contribution is 5.69. The fraction of sp³-hybridized carbons (Fsp3) is 0.200. The first-order valence-electron chi connectivity index (χ1n) is 10.1. The minimum absolute atomic E-state index is 0.0769. The van der Waals surface area contributed by atoms with Gasteiger partial charge in [0.25, 0.3) is 0 Å². The maximum absolute atomic E-state index is 13.8. The van der Waals surface area contributed by atoms with Crippen molar-refractivity contribution in [2.75, 3.05) is 6.61 Å². The first kappa shape index (κ1) is 25.0. The molecule has 0 fully saturated rings. The minimum atomic E-state index is -4.99. The molecular formula is C25H20F6O3. The van der Waals surface area contributed by atoms with Crippen molar-refractivity contribution in [1.29, 1.82) is 0 Å². The Hall–Kier alpha value is -3.62. The van der Waals surface area contributed by atoms with Crippen molar-refractivity contribution in [3.63, 3.8) is 0 Å². The summed E-state index contributed by atoms with van der Waals surface area (Å²) in [5.41, 5.74) is -2.13. The smallest absolute Gasteiger partial charge is 0.429 e. The van der Waals surface area contributed by atoms with Crippen molar-refractivity contribution in [2.24, 2.45) is 0 Å². The standard InChI is InChI=1S/C25H20F6O3/c1-2-32-19-13-11-17(12-14-19)22(24(26,27)28)16-33-23(25(29,30)31)18-7-6-10-21(15-18)34-20-8-4-3-5-9-20/h3-16,23H,2H2,1H3. The Morgan fingerprint density at radius 3 is 2.03 bits per heavy atom. The number of hydrogen-bond acceptors (Lipinski definition) is 3. The Bertz CT molecular complexity index is 1090. The number of para-hydroxylation sites is 1. The molecule has 3 aromatic carbocycles. The number of hydrogen-bond donors (Lipinski definition) is 0. The zero-order valence-electron chi connectivity index (χ0n) is 17.9. The third-order valence-corrected chi connectivity index (χ3v) is 4.54. The van der Waals surface area contributed by atoms with Gasteiger partial charge in [-0.15, -0.1) is 0 Å². The molecule has 1 atom stereocenters. The van der Waals surface area contributed by atoms with E-state index >= 15 is 0 Å². The predicted molar refractivity (Wildman–Crippen MR) is 114 cm³/mol. The summed E-state index contributed by atoms with van der Waals surface area (Å²) >= 11 is 0. The van der Waals surface area contributed by atoms with Gasteiger partial charge in [-0.3, -0.25) is 0 Å². The monoisotopic (exact) mass is 482 g/mol. The predicted octanol–water partition coefficient (Wildman–Crippen LogP) is 8.10. The van der Waals surface area contributed by atoms with Gasteiger partial charge in [-0.1, -0.05) is 42.5 Å². The summed E-state index contributed by atoms with van der Waals surface area (Å²) in [4.78, 5) is 0.